The summed E-state index contributed by atoms with van der Waals surface area (Å²) >= 11 is 5.19. The van der Waals surface area contributed by atoms with Gasteiger partial charge in [0, 0.05) is 40.0 Å². The van der Waals surface area contributed by atoms with Crippen molar-refractivity contribution in [1.82, 2.24) is 9.80 Å². The van der Waals surface area contributed by atoms with E-state index in [1.54, 1.807) is 0 Å². The molecular weight excluding hydrogens is 206 g/mol. The molecule has 1 N–H and O–H groups in total. The predicted octanol–water partition coefficient (Wildman–Crippen LogP) is 2.36. The van der Waals surface area contributed by atoms with Gasteiger partial charge in [-0.05, 0) is 13.3 Å². The number of hydrogen-bond donors (Lipinski definition) is 1. The van der Waals surface area contributed by atoms with E-state index in [9.17, 15) is 0 Å². The van der Waals surface area contributed by atoms with Gasteiger partial charge in [0.05, 0.1) is 10.8 Å². The van der Waals surface area contributed by atoms with E-state index in [0.29, 0.717) is 5.84 Å². The van der Waals surface area contributed by atoms with Crippen molar-refractivity contribution in [3.63, 3.8) is 0 Å². The SMILES string of the molecule is CCCN(CC)C(=N)CCC(=S)N(C)C. The Morgan fingerprint density at radius 3 is 2.20 bits per heavy atom. The van der Waals surface area contributed by atoms with Crippen molar-refractivity contribution < 1.29 is 0 Å². The van der Waals surface area contributed by atoms with Crippen LogP contribution in [-0.4, -0.2) is 47.8 Å². The fraction of sp³-hybridized carbons (Fsp3) is 0.818. The Morgan fingerprint density at radius 1 is 1.20 bits per heavy atom. The number of amidine groups is 1. The van der Waals surface area contributed by atoms with Crippen LogP contribution < -0.4 is 0 Å². The van der Waals surface area contributed by atoms with E-state index >= 15 is 0 Å². The Bertz CT molecular complexity index is 214. The molecule has 0 aromatic carbocycles. The number of nitrogens with one attached hydrogen (secondary N) is 1. The molecule has 0 aliphatic carbocycles. The first-order valence-electron chi connectivity index (χ1n) is 5.55. The molecule has 0 saturated carbocycles. The standard InChI is InChI=1S/C11H23N3S/c1-5-9-14(6-2)10(12)7-8-11(15)13(3)4/h12H,5-9H2,1-4H3. The average Bonchev–Trinajstić information content (AvgIpc) is 2.21. The van der Waals surface area contributed by atoms with Crippen LogP contribution in [0.5, 0.6) is 0 Å². The number of rotatable bonds is 6. The van der Waals surface area contributed by atoms with Crippen LogP contribution in [0.1, 0.15) is 33.1 Å². The van der Waals surface area contributed by atoms with Crippen molar-refractivity contribution in [2.45, 2.75) is 33.1 Å². The van der Waals surface area contributed by atoms with Gasteiger partial charge in [-0.2, -0.15) is 0 Å². The molecule has 0 fully saturated rings. The highest BCUT2D eigenvalue weighted by Gasteiger charge is 2.08. The van der Waals surface area contributed by atoms with Crippen LogP contribution in [0.2, 0.25) is 0 Å². The summed E-state index contributed by atoms with van der Waals surface area (Å²) in [5.41, 5.74) is 0. The summed E-state index contributed by atoms with van der Waals surface area (Å²) in [4.78, 5) is 4.98. The Hall–Kier alpha value is -0.640. The minimum Gasteiger partial charge on any atom is -0.372 e. The maximum Gasteiger partial charge on any atom is 0.0961 e. The van der Waals surface area contributed by atoms with Crippen LogP contribution in [0.25, 0.3) is 0 Å². The molecule has 0 unspecified atom stereocenters. The lowest BCUT2D eigenvalue weighted by molar-refractivity contribution is 0.427. The maximum atomic E-state index is 7.93. The second kappa shape index (κ2) is 7.63. The van der Waals surface area contributed by atoms with Crippen LogP contribution in [0.15, 0.2) is 0 Å². The second-order valence-electron chi connectivity index (χ2n) is 3.81. The summed E-state index contributed by atoms with van der Waals surface area (Å²) in [5.74, 6) is 0.712. The normalized spacial score (nSPS) is 9.87. The summed E-state index contributed by atoms with van der Waals surface area (Å²) in [6, 6.07) is 0. The fourth-order valence-corrected chi connectivity index (χ4v) is 1.46. The molecule has 3 nitrogen and oxygen atoms in total. The Morgan fingerprint density at radius 2 is 1.80 bits per heavy atom. The zero-order chi connectivity index (χ0) is 11.8. The second-order valence-corrected chi connectivity index (χ2v) is 4.29. The van der Waals surface area contributed by atoms with Crippen molar-refractivity contribution >= 4 is 23.0 Å². The summed E-state index contributed by atoms with van der Waals surface area (Å²) < 4.78 is 0. The first-order chi connectivity index (χ1) is 7.02. The van der Waals surface area contributed by atoms with Crippen molar-refractivity contribution in [3.05, 3.63) is 0 Å². The number of thiocarbonyl (C=S) groups is 1. The van der Waals surface area contributed by atoms with E-state index in [1.807, 2.05) is 19.0 Å². The van der Waals surface area contributed by atoms with Gasteiger partial charge in [-0.25, -0.2) is 0 Å². The monoisotopic (exact) mass is 229 g/mol. The molecule has 0 amide bonds. The van der Waals surface area contributed by atoms with Crippen molar-refractivity contribution in [2.24, 2.45) is 0 Å². The highest BCUT2D eigenvalue weighted by molar-refractivity contribution is 7.80. The lowest BCUT2D eigenvalue weighted by atomic mass is 10.2. The highest BCUT2D eigenvalue weighted by Crippen LogP contribution is 2.02. The van der Waals surface area contributed by atoms with Gasteiger partial charge in [-0.3, -0.25) is 5.41 Å². The van der Waals surface area contributed by atoms with Crippen molar-refractivity contribution in [3.8, 4) is 0 Å². The Balaban J connectivity index is 3.95. The largest absolute Gasteiger partial charge is 0.372 e. The van der Waals surface area contributed by atoms with Gasteiger partial charge in [0.15, 0.2) is 0 Å². The lowest BCUT2D eigenvalue weighted by Crippen LogP contribution is -2.32. The topological polar surface area (TPSA) is 30.3 Å². The van der Waals surface area contributed by atoms with Gasteiger partial charge in [-0.15, -0.1) is 0 Å². The molecule has 0 rings (SSSR count). The fourth-order valence-electron chi connectivity index (χ4n) is 1.36. The quantitative estimate of drug-likeness (QED) is 0.431. The van der Waals surface area contributed by atoms with Crippen LogP contribution >= 0.6 is 12.2 Å². The van der Waals surface area contributed by atoms with Gasteiger partial charge < -0.3 is 9.80 Å². The molecule has 0 aromatic rings. The van der Waals surface area contributed by atoms with Gasteiger partial charge in [-0.1, -0.05) is 19.1 Å². The molecule has 88 valence electrons. The predicted molar refractivity (Wildman–Crippen MR) is 70.8 cm³/mol. The average molecular weight is 229 g/mol. The molecule has 0 aromatic heterocycles. The zero-order valence-electron chi connectivity index (χ0n) is 10.3. The number of nitrogens with zero attached hydrogens (tertiary/aromatic N) is 2. The molecule has 0 bridgehead atoms. The summed E-state index contributed by atoms with van der Waals surface area (Å²) in [6.45, 7) is 6.13. The van der Waals surface area contributed by atoms with Crippen LogP contribution in [0.3, 0.4) is 0 Å². The molecule has 0 radical (unpaired) electrons. The summed E-state index contributed by atoms with van der Waals surface area (Å²) in [5, 5.41) is 7.93. The van der Waals surface area contributed by atoms with Gasteiger partial charge >= 0.3 is 0 Å². The third-order valence-electron chi connectivity index (χ3n) is 2.33. The molecule has 15 heavy (non-hydrogen) atoms. The van der Waals surface area contributed by atoms with Gasteiger partial charge in [0.1, 0.15) is 0 Å². The highest BCUT2D eigenvalue weighted by atomic mass is 32.1. The van der Waals surface area contributed by atoms with E-state index in [4.69, 9.17) is 17.6 Å². The molecule has 4 heteroatoms. The van der Waals surface area contributed by atoms with E-state index < -0.39 is 0 Å². The minimum atomic E-state index is 0.712. The molecule has 0 heterocycles. The molecule has 0 atom stereocenters. The number of hydrogen-bond acceptors (Lipinski definition) is 2. The van der Waals surface area contributed by atoms with Gasteiger partial charge in [0.25, 0.3) is 0 Å². The van der Waals surface area contributed by atoms with E-state index in [1.165, 1.54) is 0 Å². The van der Waals surface area contributed by atoms with E-state index in [2.05, 4.69) is 18.7 Å². The zero-order valence-corrected chi connectivity index (χ0v) is 11.2. The molecule has 0 aliphatic rings. The van der Waals surface area contributed by atoms with Crippen LogP contribution in [0.4, 0.5) is 0 Å². The van der Waals surface area contributed by atoms with Crippen molar-refractivity contribution in [2.75, 3.05) is 27.2 Å². The van der Waals surface area contributed by atoms with Gasteiger partial charge in [0.2, 0.25) is 0 Å². The Labute approximate surface area is 99.0 Å². The van der Waals surface area contributed by atoms with E-state index in [0.717, 1.165) is 37.3 Å². The van der Waals surface area contributed by atoms with Crippen molar-refractivity contribution in [1.29, 1.82) is 5.41 Å². The first-order valence-corrected chi connectivity index (χ1v) is 5.96. The third kappa shape index (κ3) is 5.72. The van der Waals surface area contributed by atoms with Crippen LogP contribution in [-0.2, 0) is 0 Å². The smallest absolute Gasteiger partial charge is 0.0961 e. The van der Waals surface area contributed by atoms with Crippen LogP contribution in [0, 0.1) is 5.41 Å². The lowest BCUT2D eigenvalue weighted by Gasteiger charge is -2.23. The summed E-state index contributed by atoms with van der Waals surface area (Å²) in [6.07, 6.45) is 2.65. The molecule has 0 spiro atoms. The molecule has 0 saturated heterocycles. The minimum absolute atomic E-state index is 0.712. The third-order valence-corrected chi connectivity index (χ3v) is 2.90. The summed E-state index contributed by atoms with van der Waals surface area (Å²) in [7, 11) is 3.91. The van der Waals surface area contributed by atoms with E-state index in [-0.39, 0.29) is 0 Å². The molecule has 0 aliphatic heterocycles. The Kier molecular flexibility index (Phi) is 7.30. The first kappa shape index (κ1) is 14.4. The molecular formula is C11H23N3S. The maximum absolute atomic E-state index is 7.93.